The predicted molar refractivity (Wildman–Crippen MR) is 158 cm³/mol. The molecule has 0 aliphatic rings. The number of nitrogens with zero attached hydrogens (tertiary/aromatic N) is 1. The first kappa shape index (κ1) is 25.4. The fourth-order valence-corrected chi connectivity index (χ4v) is 5.53. The van der Waals surface area contributed by atoms with Crippen molar-refractivity contribution in [3.05, 3.63) is 99.7 Å². The zero-order chi connectivity index (χ0) is 25.9. The predicted octanol–water partition coefficient (Wildman–Crippen LogP) is 8.71. The molecular weight excluding hydrogens is 569 g/mol. The van der Waals surface area contributed by atoms with Crippen molar-refractivity contribution in [3.8, 4) is 21.9 Å². The number of para-hydroxylation sites is 1. The van der Waals surface area contributed by atoms with Gasteiger partial charge in [0.15, 0.2) is 5.11 Å². The number of carbonyl (C=O) groups is 1. The van der Waals surface area contributed by atoms with E-state index >= 15 is 0 Å². The summed E-state index contributed by atoms with van der Waals surface area (Å²) in [6.45, 7) is 0. The second-order valence-electron chi connectivity index (χ2n) is 7.82. The zero-order valence-corrected chi connectivity index (χ0v) is 22.7. The Labute approximate surface area is 236 Å². The lowest BCUT2D eigenvalue weighted by atomic mass is 10.2. The van der Waals surface area contributed by atoms with Crippen LogP contribution in [0.4, 0.5) is 5.69 Å². The summed E-state index contributed by atoms with van der Waals surface area (Å²) in [5.74, 6) is 0.647. The molecule has 0 saturated heterocycles. The molecule has 0 aliphatic heterocycles. The van der Waals surface area contributed by atoms with Gasteiger partial charge in [-0.05, 0) is 79.0 Å². The Kier molecular flexibility index (Phi) is 7.60. The van der Waals surface area contributed by atoms with Crippen molar-refractivity contribution < 1.29 is 9.21 Å². The summed E-state index contributed by atoms with van der Waals surface area (Å²) in [5.41, 5.74) is 3.09. The summed E-state index contributed by atoms with van der Waals surface area (Å²) in [6, 6.07) is 21.9. The Bertz CT molecular complexity index is 1620. The van der Waals surface area contributed by atoms with Crippen LogP contribution in [0.5, 0.6) is 0 Å². The largest absolute Gasteiger partial charge is 0.457 e. The highest BCUT2D eigenvalue weighted by Gasteiger charge is 2.12. The van der Waals surface area contributed by atoms with Gasteiger partial charge in [0.2, 0.25) is 5.91 Å². The summed E-state index contributed by atoms with van der Waals surface area (Å²) in [4.78, 5) is 17.1. The number of halogens is 3. The van der Waals surface area contributed by atoms with E-state index in [1.165, 1.54) is 6.08 Å². The van der Waals surface area contributed by atoms with E-state index in [1.54, 1.807) is 59.9 Å². The van der Waals surface area contributed by atoms with Crippen molar-refractivity contribution in [2.24, 2.45) is 0 Å². The van der Waals surface area contributed by atoms with E-state index in [1.807, 2.05) is 30.3 Å². The lowest BCUT2D eigenvalue weighted by Crippen LogP contribution is -2.32. The lowest BCUT2D eigenvalue weighted by molar-refractivity contribution is -0.115. The number of aromatic nitrogens is 1. The molecule has 10 heteroatoms. The maximum atomic E-state index is 12.4. The molecule has 37 heavy (non-hydrogen) atoms. The number of thiazole rings is 1. The number of amides is 1. The number of hydrogen-bond donors (Lipinski definition) is 2. The van der Waals surface area contributed by atoms with E-state index < -0.39 is 5.91 Å². The number of nitrogens with one attached hydrogen (secondary N) is 2. The first-order chi connectivity index (χ1) is 17.8. The molecule has 5 rings (SSSR count). The van der Waals surface area contributed by atoms with Gasteiger partial charge in [-0.15, -0.1) is 11.3 Å². The maximum Gasteiger partial charge on any atom is 0.250 e. The summed E-state index contributed by atoms with van der Waals surface area (Å²) < 4.78 is 6.84. The van der Waals surface area contributed by atoms with Crippen LogP contribution in [0.25, 0.3) is 38.2 Å². The molecule has 5 aromatic rings. The molecule has 0 spiro atoms. The number of thiocarbonyl (C=S) groups is 1. The molecule has 0 aliphatic carbocycles. The number of rotatable bonds is 5. The topological polar surface area (TPSA) is 67.2 Å². The van der Waals surface area contributed by atoms with Crippen LogP contribution in [-0.2, 0) is 4.79 Å². The summed E-state index contributed by atoms with van der Waals surface area (Å²) in [5, 5.41) is 8.15. The minimum atomic E-state index is -0.415. The van der Waals surface area contributed by atoms with Crippen LogP contribution < -0.4 is 10.6 Å². The molecule has 0 bridgehead atoms. The molecule has 2 aromatic heterocycles. The monoisotopic (exact) mass is 583 g/mol. The van der Waals surface area contributed by atoms with Crippen LogP contribution in [0.2, 0.25) is 15.1 Å². The van der Waals surface area contributed by atoms with E-state index in [0.29, 0.717) is 32.3 Å². The van der Waals surface area contributed by atoms with Crippen molar-refractivity contribution in [2.75, 3.05) is 5.32 Å². The van der Waals surface area contributed by atoms with Gasteiger partial charge in [-0.2, -0.15) is 0 Å². The van der Waals surface area contributed by atoms with Gasteiger partial charge in [0.1, 0.15) is 16.5 Å². The molecule has 2 heterocycles. The minimum Gasteiger partial charge on any atom is -0.457 e. The van der Waals surface area contributed by atoms with Gasteiger partial charge in [-0.25, -0.2) is 4.98 Å². The molecule has 0 saturated carbocycles. The molecule has 0 atom stereocenters. The average Bonchev–Trinajstić information content (AvgIpc) is 3.50. The van der Waals surface area contributed by atoms with Crippen LogP contribution in [0.15, 0.2) is 83.3 Å². The van der Waals surface area contributed by atoms with Gasteiger partial charge >= 0.3 is 0 Å². The minimum absolute atomic E-state index is 0.140. The van der Waals surface area contributed by atoms with E-state index in [9.17, 15) is 4.79 Å². The highest BCUT2D eigenvalue weighted by atomic mass is 35.5. The van der Waals surface area contributed by atoms with Crippen LogP contribution in [0.3, 0.4) is 0 Å². The van der Waals surface area contributed by atoms with Gasteiger partial charge in [-0.3, -0.25) is 10.1 Å². The second kappa shape index (κ2) is 11.0. The lowest BCUT2D eigenvalue weighted by Gasteiger charge is -2.10. The number of carbonyl (C=O) groups excluding carboxylic acids is 1. The van der Waals surface area contributed by atoms with Crippen molar-refractivity contribution in [2.45, 2.75) is 0 Å². The van der Waals surface area contributed by atoms with Gasteiger partial charge in [-0.1, -0.05) is 46.9 Å². The number of fused-ring (bicyclic) bond motifs is 1. The van der Waals surface area contributed by atoms with E-state index in [2.05, 4.69) is 15.6 Å². The standard InChI is InChI=1S/C27H16Cl3N3O2S2/c28-16-11-15(12-17(29)13-16)23-9-6-19(35-23)7-10-25(34)33-27(36)31-18-5-8-21(30)20(14-18)26-32-22-3-1-2-4-24(22)37-26/h1-14H,(H2,31,33,34,36)/b10-7+. The van der Waals surface area contributed by atoms with Crippen LogP contribution in [0, 0.1) is 0 Å². The first-order valence-electron chi connectivity index (χ1n) is 10.9. The van der Waals surface area contributed by atoms with Crippen LogP contribution in [-0.4, -0.2) is 16.0 Å². The molecule has 0 fully saturated rings. The molecule has 2 N–H and O–H groups in total. The number of benzene rings is 3. The van der Waals surface area contributed by atoms with E-state index in [-0.39, 0.29) is 5.11 Å². The summed E-state index contributed by atoms with van der Waals surface area (Å²) >= 11 is 25.4. The number of anilines is 1. The Hall–Kier alpha value is -3.20. The summed E-state index contributed by atoms with van der Waals surface area (Å²) in [6.07, 6.45) is 2.87. The van der Waals surface area contributed by atoms with Crippen molar-refractivity contribution in [3.63, 3.8) is 0 Å². The third-order valence-electron chi connectivity index (χ3n) is 5.16. The smallest absolute Gasteiger partial charge is 0.250 e. The third kappa shape index (κ3) is 6.21. The first-order valence-corrected chi connectivity index (χ1v) is 13.2. The van der Waals surface area contributed by atoms with Crippen molar-refractivity contribution in [1.29, 1.82) is 0 Å². The zero-order valence-electron chi connectivity index (χ0n) is 18.8. The normalized spacial score (nSPS) is 11.2. The molecule has 1 amide bonds. The number of furan rings is 1. The average molecular weight is 585 g/mol. The number of hydrogen-bond acceptors (Lipinski definition) is 5. The maximum absolute atomic E-state index is 12.4. The summed E-state index contributed by atoms with van der Waals surface area (Å²) in [7, 11) is 0. The Morgan fingerprint density at radius 3 is 2.54 bits per heavy atom. The van der Waals surface area contributed by atoms with Crippen LogP contribution >= 0.6 is 58.4 Å². The van der Waals surface area contributed by atoms with Gasteiger partial charge < -0.3 is 9.73 Å². The quantitative estimate of drug-likeness (QED) is 0.160. The van der Waals surface area contributed by atoms with Crippen LogP contribution in [0.1, 0.15) is 5.76 Å². The molecule has 0 unspecified atom stereocenters. The SMILES string of the molecule is O=C(/C=C/c1ccc(-c2cc(Cl)cc(Cl)c2)o1)NC(=S)Nc1ccc(Cl)c(-c2nc3ccccc3s2)c1. The molecule has 184 valence electrons. The fraction of sp³-hybridized carbons (Fsp3) is 0. The Balaban J connectivity index is 1.23. The molecular formula is C27H16Cl3N3O2S2. The fourth-order valence-electron chi connectivity index (χ4n) is 3.52. The van der Waals surface area contributed by atoms with Gasteiger partial charge in [0.05, 0.1) is 15.2 Å². The van der Waals surface area contributed by atoms with Crippen molar-refractivity contribution >= 4 is 91.4 Å². The Morgan fingerprint density at radius 2 is 1.76 bits per heavy atom. The molecule has 5 nitrogen and oxygen atoms in total. The van der Waals surface area contributed by atoms with Gasteiger partial charge in [0.25, 0.3) is 0 Å². The third-order valence-corrected chi connectivity index (χ3v) is 7.20. The van der Waals surface area contributed by atoms with E-state index in [4.69, 9.17) is 51.4 Å². The molecule has 0 radical (unpaired) electrons. The molecule has 3 aromatic carbocycles. The second-order valence-corrected chi connectivity index (χ2v) is 10.5. The van der Waals surface area contributed by atoms with Gasteiger partial charge in [0, 0.05) is 32.9 Å². The van der Waals surface area contributed by atoms with Crippen molar-refractivity contribution in [1.82, 2.24) is 10.3 Å². The van der Waals surface area contributed by atoms with E-state index in [0.717, 1.165) is 26.4 Å². The Morgan fingerprint density at radius 1 is 0.973 bits per heavy atom. The highest BCUT2D eigenvalue weighted by molar-refractivity contribution is 7.80. The highest BCUT2D eigenvalue weighted by Crippen LogP contribution is 2.36.